The lowest BCUT2D eigenvalue weighted by molar-refractivity contribution is 0.376. The Morgan fingerprint density at radius 3 is 2.25 bits per heavy atom. The molecule has 1 fully saturated rings. The number of halogens is 2. The molecule has 0 aliphatic heterocycles. The average molecular weight is 324 g/mol. The van der Waals surface area contributed by atoms with Crippen molar-refractivity contribution in [1.29, 1.82) is 0 Å². The van der Waals surface area contributed by atoms with Crippen LogP contribution in [0.2, 0.25) is 0 Å². The second-order valence-electron chi connectivity index (χ2n) is 6.66. The zero-order chi connectivity index (χ0) is 17.1. The molecule has 0 amide bonds. The predicted molar refractivity (Wildman–Crippen MR) is 94.9 cm³/mol. The Morgan fingerprint density at radius 2 is 1.62 bits per heavy atom. The maximum absolute atomic E-state index is 14.1. The van der Waals surface area contributed by atoms with Gasteiger partial charge in [-0.25, -0.2) is 8.78 Å². The molecule has 0 aromatic heterocycles. The standard InChI is InChI=1S/C22H22F2/c1-3-4-16-6-8-17(9-7-16)18-10-12-19(13-11-18)20-14-5-15(2)21(23)22(20)24/h4-5,10-14,16-17H,1,6-9H2,2H3. The Hall–Kier alpha value is -2.18. The fourth-order valence-electron chi connectivity index (χ4n) is 3.59. The van der Waals surface area contributed by atoms with Crippen molar-refractivity contribution < 1.29 is 8.78 Å². The van der Waals surface area contributed by atoms with Gasteiger partial charge in [0, 0.05) is 5.56 Å². The highest BCUT2D eigenvalue weighted by Crippen LogP contribution is 2.37. The monoisotopic (exact) mass is 324 g/mol. The van der Waals surface area contributed by atoms with Crippen LogP contribution < -0.4 is 0 Å². The normalized spacial score (nSPS) is 20.5. The minimum atomic E-state index is -0.764. The summed E-state index contributed by atoms with van der Waals surface area (Å²) in [7, 11) is 0. The molecule has 0 atom stereocenters. The maximum Gasteiger partial charge on any atom is 0.166 e. The minimum Gasteiger partial charge on any atom is -0.203 e. The van der Waals surface area contributed by atoms with Gasteiger partial charge in [-0.3, -0.25) is 0 Å². The van der Waals surface area contributed by atoms with E-state index in [9.17, 15) is 8.78 Å². The second-order valence-corrected chi connectivity index (χ2v) is 6.66. The van der Waals surface area contributed by atoms with E-state index in [1.807, 2.05) is 12.1 Å². The first-order valence-corrected chi connectivity index (χ1v) is 8.51. The van der Waals surface area contributed by atoms with Gasteiger partial charge in [-0.05, 0) is 67.2 Å². The van der Waals surface area contributed by atoms with Crippen LogP contribution >= 0.6 is 0 Å². The van der Waals surface area contributed by atoms with Crippen LogP contribution in [0.3, 0.4) is 0 Å². The van der Waals surface area contributed by atoms with Crippen LogP contribution in [-0.4, -0.2) is 0 Å². The SMILES string of the molecule is C=C=CC1CCC(c2ccc(-c3ccc(C)c(F)c3F)cc2)CC1. The molecule has 0 saturated heterocycles. The van der Waals surface area contributed by atoms with Crippen molar-refractivity contribution in [1.82, 2.24) is 0 Å². The summed E-state index contributed by atoms with van der Waals surface area (Å²) >= 11 is 0. The smallest absolute Gasteiger partial charge is 0.166 e. The van der Waals surface area contributed by atoms with Crippen molar-refractivity contribution in [3.63, 3.8) is 0 Å². The van der Waals surface area contributed by atoms with Crippen molar-refractivity contribution in [2.24, 2.45) is 5.92 Å². The molecule has 0 unspecified atom stereocenters. The van der Waals surface area contributed by atoms with E-state index in [4.69, 9.17) is 0 Å². The highest BCUT2D eigenvalue weighted by atomic mass is 19.2. The lowest BCUT2D eigenvalue weighted by atomic mass is 9.78. The first-order valence-electron chi connectivity index (χ1n) is 8.51. The molecule has 1 saturated carbocycles. The van der Waals surface area contributed by atoms with Gasteiger partial charge in [-0.15, -0.1) is 5.73 Å². The predicted octanol–water partition coefficient (Wildman–Crippen LogP) is 6.56. The molecule has 2 aromatic rings. The third-order valence-electron chi connectivity index (χ3n) is 5.09. The summed E-state index contributed by atoms with van der Waals surface area (Å²) in [5.41, 5.74) is 5.55. The second kappa shape index (κ2) is 7.15. The lowest BCUT2D eigenvalue weighted by Gasteiger charge is -2.26. The molecule has 0 nitrogen and oxygen atoms in total. The van der Waals surface area contributed by atoms with Crippen LogP contribution in [-0.2, 0) is 0 Å². The Labute approximate surface area is 142 Å². The third-order valence-corrected chi connectivity index (χ3v) is 5.09. The van der Waals surface area contributed by atoms with E-state index in [2.05, 4.69) is 30.5 Å². The van der Waals surface area contributed by atoms with E-state index >= 15 is 0 Å². The highest BCUT2D eigenvalue weighted by molar-refractivity contribution is 5.65. The molecule has 0 heterocycles. The quantitative estimate of drug-likeness (QED) is 0.561. The topological polar surface area (TPSA) is 0 Å². The highest BCUT2D eigenvalue weighted by Gasteiger charge is 2.21. The molecule has 2 aromatic carbocycles. The summed E-state index contributed by atoms with van der Waals surface area (Å²) in [6, 6.07) is 11.2. The van der Waals surface area contributed by atoms with E-state index in [0.717, 1.165) is 31.2 Å². The average Bonchev–Trinajstić information content (AvgIpc) is 2.61. The van der Waals surface area contributed by atoms with Crippen LogP contribution in [0.5, 0.6) is 0 Å². The van der Waals surface area contributed by atoms with E-state index in [1.165, 1.54) is 5.56 Å². The number of hydrogen-bond donors (Lipinski definition) is 0. The molecule has 0 N–H and O–H groups in total. The Kier molecular flexibility index (Phi) is 4.97. The largest absolute Gasteiger partial charge is 0.203 e. The van der Waals surface area contributed by atoms with Gasteiger partial charge in [-0.2, -0.15) is 0 Å². The molecule has 2 heteroatoms. The maximum atomic E-state index is 14.1. The summed E-state index contributed by atoms with van der Waals surface area (Å²) in [5, 5.41) is 0. The molecule has 24 heavy (non-hydrogen) atoms. The van der Waals surface area contributed by atoms with Gasteiger partial charge < -0.3 is 0 Å². The minimum absolute atomic E-state index is 0.324. The fourth-order valence-corrected chi connectivity index (χ4v) is 3.59. The Morgan fingerprint density at radius 1 is 0.958 bits per heavy atom. The van der Waals surface area contributed by atoms with Gasteiger partial charge in [0.15, 0.2) is 11.6 Å². The first kappa shape index (κ1) is 16.7. The van der Waals surface area contributed by atoms with Crippen molar-refractivity contribution in [2.45, 2.75) is 38.5 Å². The van der Waals surface area contributed by atoms with E-state index in [-0.39, 0.29) is 0 Å². The van der Waals surface area contributed by atoms with Crippen LogP contribution in [0.15, 0.2) is 54.8 Å². The first-order chi connectivity index (χ1) is 11.6. The zero-order valence-corrected chi connectivity index (χ0v) is 14.0. The van der Waals surface area contributed by atoms with Crippen LogP contribution in [0.25, 0.3) is 11.1 Å². The summed E-state index contributed by atoms with van der Waals surface area (Å²) in [6.45, 7) is 5.22. The third kappa shape index (κ3) is 3.34. The number of benzene rings is 2. The van der Waals surface area contributed by atoms with Gasteiger partial charge in [-0.1, -0.05) is 43.0 Å². The van der Waals surface area contributed by atoms with Crippen molar-refractivity contribution in [3.8, 4) is 11.1 Å². The molecule has 0 radical (unpaired) electrons. The van der Waals surface area contributed by atoms with Crippen LogP contribution in [0.1, 0.15) is 42.7 Å². The number of aryl methyl sites for hydroxylation is 1. The van der Waals surface area contributed by atoms with Crippen molar-refractivity contribution in [3.05, 3.63) is 77.5 Å². The number of hydrogen-bond acceptors (Lipinski definition) is 0. The summed E-state index contributed by atoms with van der Waals surface area (Å²) in [4.78, 5) is 0. The lowest BCUT2D eigenvalue weighted by Crippen LogP contribution is -2.11. The number of rotatable bonds is 3. The molecule has 3 rings (SSSR count). The molecule has 1 aliphatic rings. The van der Waals surface area contributed by atoms with E-state index in [0.29, 0.717) is 23.0 Å². The van der Waals surface area contributed by atoms with Crippen molar-refractivity contribution in [2.75, 3.05) is 0 Å². The van der Waals surface area contributed by atoms with Crippen molar-refractivity contribution >= 4 is 0 Å². The summed E-state index contributed by atoms with van der Waals surface area (Å²) in [6.07, 6.45) is 6.69. The fraction of sp³-hybridized carbons (Fsp3) is 0.318. The van der Waals surface area contributed by atoms with Gasteiger partial charge in [0.1, 0.15) is 0 Å². The molecular weight excluding hydrogens is 302 g/mol. The molecular formula is C22H22F2. The molecule has 0 spiro atoms. The van der Waals surface area contributed by atoms with Crippen LogP contribution in [0, 0.1) is 24.5 Å². The molecule has 1 aliphatic carbocycles. The zero-order valence-electron chi connectivity index (χ0n) is 14.0. The Balaban J connectivity index is 1.77. The van der Waals surface area contributed by atoms with Gasteiger partial charge in [0.25, 0.3) is 0 Å². The van der Waals surface area contributed by atoms with E-state index in [1.54, 1.807) is 19.1 Å². The summed E-state index contributed by atoms with van der Waals surface area (Å²) < 4.78 is 27.9. The van der Waals surface area contributed by atoms with Gasteiger partial charge in [0.05, 0.1) is 0 Å². The molecule has 0 bridgehead atoms. The Bertz CT molecular complexity index is 759. The molecule has 124 valence electrons. The van der Waals surface area contributed by atoms with E-state index < -0.39 is 11.6 Å². The van der Waals surface area contributed by atoms with Gasteiger partial charge in [0.2, 0.25) is 0 Å². The van der Waals surface area contributed by atoms with Crippen LogP contribution in [0.4, 0.5) is 8.78 Å². The van der Waals surface area contributed by atoms with Gasteiger partial charge >= 0.3 is 0 Å². The summed E-state index contributed by atoms with van der Waals surface area (Å²) in [5.74, 6) is -0.375. The number of allylic oxidation sites excluding steroid dienone is 1.